The fraction of sp³-hybridized carbons (Fsp3) is 0.0286. The van der Waals surface area contributed by atoms with Crippen LogP contribution in [0.4, 0.5) is 17.2 Å². The number of pyridine rings is 1. The van der Waals surface area contributed by atoms with E-state index in [9.17, 15) is 8.42 Å². The van der Waals surface area contributed by atoms with E-state index in [2.05, 4.69) is 9.71 Å². The Bertz CT molecular complexity index is 1960. The van der Waals surface area contributed by atoms with Crippen molar-refractivity contribution in [2.24, 2.45) is 4.40 Å². The van der Waals surface area contributed by atoms with Crippen LogP contribution in [0.3, 0.4) is 0 Å². The van der Waals surface area contributed by atoms with E-state index in [1.54, 1.807) is 29.2 Å². The number of anilines is 3. The zero-order valence-electron chi connectivity index (χ0n) is 22.9. The molecule has 0 fully saturated rings. The number of para-hydroxylation sites is 2. The van der Waals surface area contributed by atoms with Gasteiger partial charge >= 0.3 is 0 Å². The lowest BCUT2D eigenvalue weighted by atomic mass is 10.1. The molecule has 0 saturated carbocycles. The summed E-state index contributed by atoms with van der Waals surface area (Å²) < 4.78 is 32.0. The number of rotatable bonds is 6. The number of aryl methyl sites for hydroxylation is 1. The Morgan fingerprint density at radius 1 is 0.714 bits per heavy atom. The molecule has 0 bridgehead atoms. The van der Waals surface area contributed by atoms with E-state index in [1.165, 1.54) is 0 Å². The largest absolute Gasteiger partial charge is 0.325 e. The molecule has 0 aliphatic heterocycles. The summed E-state index contributed by atoms with van der Waals surface area (Å²) in [5.74, 6) is 0.635. The number of benzene rings is 5. The summed E-state index contributed by atoms with van der Waals surface area (Å²) in [6.07, 6.45) is 0. The second-order valence-electron chi connectivity index (χ2n) is 9.78. The molecule has 6 nitrogen and oxygen atoms in total. The molecule has 0 unspecified atom stereocenters. The van der Waals surface area contributed by atoms with Crippen molar-refractivity contribution in [1.82, 2.24) is 4.98 Å². The normalized spacial score (nSPS) is 11.8. The lowest BCUT2D eigenvalue weighted by molar-refractivity contribution is 0.598. The molecule has 0 aliphatic rings. The summed E-state index contributed by atoms with van der Waals surface area (Å²) in [4.78, 5) is 7.01. The van der Waals surface area contributed by atoms with E-state index in [-0.39, 0.29) is 10.9 Å². The van der Waals surface area contributed by atoms with Crippen LogP contribution in [0.15, 0.2) is 155 Å². The number of sulfonamides is 1. The molecule has 5 aromatic carbocycles. The van der Waals surface area contributed by atoms with Gasteiger partial charge in [-0.2, -0.15) is 8.42 Å². The molecule has 0 aliphatic carbocycles. The summed E-state index contributed by atoms with van der Waals surface area (Å²) >= 11 is 0. The number of nitrogens with zero attached hydrogens (tertiary/aromatic N) is 3. The Hall–Kier alpha value is -5.27. The van der Waals surface area contributed by atoms with Crippen LogP contribution in [-0.2, 0) is 10.0 Å². The first-order chi connectivity index (χ1) is 20.5. The number of fused-ring (bicyclic) bond motifs is 1. The number of guanidine groups is 1. The van der Waals surface area contributed by atoms with Gasteiger partial charge in [-0.05, 0) is 54.8 Å². The Kier molecular flexibility index (Phi) is 7.49. The molecular formula is C35H28N4O2S. The summed E-state index contributed by atoms with van der Waals surface area (Å²) in [7, 11) is -4.12. The summed E-state index contributed by atoms with van der Waals surface area (Å²) in [6, 6.07) is 45.5. The van der Waals surface area contributed by atoms with Crippen molar-refractivity contribution in [3.8, 4) is 11.3 Å². The Balaban J connectivity index is 1.63. The van der Waals surface area contributed by atoms with Gasteiger partial charge in [0.25, 0.3) is 10.0 Å². The maximum Gasteiger partial charge on any atom is 0.285 e. The standard InChI is InChI=1S/C35H28N4O2S/c1-26-21-23-31(24-22-26)42(40,41)38-35(36-29-16-7-3-8-17-29)39(30-18-9-4-10-19-30)34-32-20-12-11-15-28(32)25-33(37-34)27-13-5-2-6-14-27/h2-25H,1H3,(H,36,38). The molecule has 1 heterocycles. The number of nitrogens with one attached hydrogen (secondary N) is 1. The van der Waals surface area contributed by atoms with Crippen molar-refractivity contribution >= 4 is 43.9 Å². The highest BCUT2D eigenvalue weighted by atomic mass is 32.2. The maximum absolute atomic E-state index is 13.8. The highest BCUT2D eigenvalue weighted by molar-refractivity contribution is 7.90. The fourth-order valence-corrected chi connectivity index (χ4v) is 5.62. The molecule has 1 aromatic heterocycles. The number of hydrogen-bond acceptors (Lipinski definition) is 3. The molecular weight excluding hydrogens is 540 g/mol. The average Bonchev–Trinajstić information content (AvgIpc) is 3.02. The second-order valence-corrected chi connectivity index (χ2v) is 11.4. The van der Waals surface area contributed by atoms with Crippen LogP contribution in [0, 0.1) is 6.92 Å². The van der Waals surface area contributed by atoms with Crippen LogP contribution in [0.25, 0.3) is 22.0 Å². The number of aromatic nitrogens is 1. The van der Waals surface area contributed by atoms with E-state index in [1.807, 2.05) is 128 Å². The molecule has 0 amide bonds. The fourth-order valence-electron chi connectivity index (χ4n) is 4.68. The van der Waals surface area contributed by atoms with E-state index in [0.717, 1.165) is 27.6 Å². The van der Waals surface area contributed by atoms with E-state index >= 15 is 0 Å². The van der Waals surface area contributed by atoms with Crippen LogP contribution < -0.4 is 10.2 Å². The van der Waals surface area contributed by atoms with Gasteiger partial charge in [-0.1, -0.05) is 109 Å². The highest BCUT2D eigenvalue weighted by Gasteiger charge is 2.25. The van der Waals surface area contributed by atoms with Crippen molar-refractivity contribution in [3.05, 3.63) is 151 Å². The minimum Gasteiger partial charge on any atom is -0.325 e. The smallest absolute Gasteiger partial charge is 0.285 e. The minimum absolute atomic E-state index is 0.0934. The topological polar surface area (TPSA) is 74.7 Å². The third-order valence-electron chi connectivity index (χ3n) is 6.78. The molecule has 0 spiro atoms. The van der Waals surface area contributed by atoms with Gasteiger partial charge in [0.2, 0.25) is 5.96 Å². The molecule has 6 rings (SSSR count). The Morgan fingerprint density at radius 3 is 2.00 bits per heavy atom. The Labute approximate surface area is 245 Å². The van der Waals surface area contributed by atoms with Crippen molar-refractivity contribution in [3.63, 3.8) is 0 Å². The SMILES string of the molecule is Cc1ccc(S(=O)(=O)/N=C(\Nc2ccccc2)N(c2ccccc2)c2nc(-c3ccccc3)cc3ccccc23)cc1. The first kappa shape index (κ1) is 26.9. The average molecular weight is 569 g/mol. The lowest BCUT2D eigenvalue weighted by Gasteiger charge is -2.27. The van der Waals surface area contributed by atoms with Crippen molar-refractivity contribution in [2.45, 2.75) is 11.8 Å². The zero-order valence-corrected chi connectivity index (χ0v) is 23.7. The summed E-state index contributed by atoms with van der Waals surface area (Å²) in [5.41, 5.74) is 4.03. The lowest BCUT2D eigenvalue weighted by Crippen LogP contribution is -2.34. The molecule has 1 N–H and O–H groups in total. The second kappa shape index (κ2) is 11.7. The third kappa shape index (κ3) is 5.77. The van der Waals surface area contributed by atoms with Gasteiger partial charge in [-0.15, -0.1) is 4.40 Å². The molecule has 0 atom stereocenters. The molecule has 6 aromatic rings. The van der Waals surface area contributed by atoms with E-state index in [0.29, 0.717) is 17.2 Å². The van der Waals surface area contributed by atoms with Crippen LogP contribution in [0.5, 0.6) is 0 Å². The zero-order chi connectivity index (χ0) is 28.9. The maximum atomic E-state index is 13.8. The summed E-state index contributed by atoms with van der Waals surface area (Å²) in [6.45, 7) is 1.91. The molecule has 0 radical (unpaired) electrons. The van der Waals surface area contributed by atoms with Crippen molar-refractivity contribution in [2.75, 3.05) is 10.2 Å². The van der Waals surface area contributed by atoms with Crippen LogP contribution in [0.2, 0.25) is 0 Å². The van der Waals surface area contributed by atoms with Gasteiger partial charge in [-0.25, -0.2) is 4.98 Å². The Morgan fingerprint density at radius 2 is 1.31 bits per heavy atom. The van der Waals surface area contributed by atoms with Crippen LogP contribution in [0.1, 0.15) is 5.56 Å². The predicted octanol–water partition coefficient (Wildman–Crippen LogP) is 8.21. The third-order valence-corrected chi connectivity index (χ3v) is 8.06. The molecule has 0 saturated heterocycles. The first-order valence-corrected chi connectivity index (χ1v) is 15.0. The van der Waals surface area contributed by atoms with Crippen molar-refractivity contribution in [1.29, 1.82) is 0 Å². The predicted molar refractivity (Wildman–Crippen MR) is 172 cm³/mol. The van der Waals surface area contributed by atoms with Gasteiger partial charge < -0.3 is 5.32 Å². The monoisotopic (exact) mass is 568 g/mol. The van der Waals surface area contributed by atoms with Crippen LogP contribution >= 0.6 is 0 Å². The van der Waals surface area contributed by atoms with Gasteiger partial charge in [0.05, 0.1) is 16.3 Å². The highest BCUT2D eigenvalue weighted by Crippen LogP contribution is 2.35. The van der Waals surface area contributed by atoms with Crippen molar-refractivity contribution < 1.29 is 8.42 Å². The quantitative estimate of drug-likeness (QED) is 0.162. The molecule has 206 valence electrons. The van der Waals surface area contributed by atoms with Gasteiger partial charge in [0.15, 0.2) is 0 Å². The van der Waals surface area contributed by atoms with Gasteiger partial charge in [0, 0.05) is 16.6 Å². The van der Waals surface area contributed by atoms with E-state index in [4.69, 9.17) is 4.98 Å². The van der Waals surface area contributed by atoms with E-state index < -0.39 is 10.0 Å². The molecule has 42 heavy (non-hydrogen) atoms. The van der Waals surface area contributed by atoms with Gasteiger partial charge in [-0.3, -0.25) is 4.90 Å². The number of hydrogen-bond donors (Lipinski definition) is 1. The first-order valence-electron chi connectivity index (χ1n) is 13.5. The van der Waals surface area contributed by atoms with Gasteiger partial charge in [0.1, 0.15) is 5.82 Å². The minimum atomic E-state index is -4.12. The molecule has 7 heteroatoms. The van der Waals surface area contributed by atoms with Crippen LogP contribution in [-0.4, -0.2) is 19.4 Å². The summed E-state index contributed by atoms with van der Waals surface area (Å²) in [5, 5.41) is 5.10.